The normalized spacial score (nSPS) is 12.6. The molecule has 0 bridgehead atoms. The maximum Gasteiger partial charge on any atom is 0.241 e. The Morgan fingerprint density at radius 2 is 1.64 bits per heavy atom. The second-order valence-corrected chi connectivity index (χ2v) is 8.10. The number of benzene rings is 2. The van der Waals surface area contributed by atoms with Crippen molar-refractivity contribution in [1.82, 2.24) is 4.90 Å². The molecular weight excluding hydrogens is 352 g/mol. The van der Waals surface area contributed by atoms with Crippen molar-refractivity contribution in [2.75, 3.05) is 26.6 Å². The van der Waals surface area contributed by atoms with Crippen LogP contribution < -0.4 is 14.8 Å². The van der Waals surface area contributed by atoms with Crippen molar-refractivity contribution in [2.45, 2.75) is 45.7 Å². The number of nitrogens with zero attached hydrogens (tertiary/aromatic N) is 1. The summed E-state index contributed by atoms with van der Waals surface area (Å²) in [5.74, 6) is 1.34. The van der Waals surface area contributed by atoms with E-state index in [0.717, 1.165) is 11.3 Å². The van der Waals surface area contributed by atoms with E-state index >= 15 is 0 Å². The van der Waals surface area contributed by atoms with Gasteiger partial charge in [-0.25, -0.2) is 0 Å². The van der Waals surface area contributed by atoms with Crippen LogP contribution in [0.3, 0.4) is 0 Å². The standard InChI is InChI=1S/C23H32N2O3/c1-16(22(26)24-19-11-9-18(10-12-19)23(2,3)4)25(5)15-17-8-13-20(27-6)21(14-17)28-7/h8-14,16H,15H2,1-7H3,(H,24,26). The van der Waals surface area contributed by atoms with Crippen molar-refractivity contribution in [3.63, 3.8) is 0 Å². The predicted molar refractivity (Wildman–Crippen MR) is 114 cm³/mol. The van der Waals surface area contributed by atoms with Crippen LogP contribution in [0, 0.1) is 0 Å². The molecule has 0 heterocycles. The van der Waals surface area contributed by atoms with Crippen LogP contribution in [0.4, 0.5) is 5.69 Å². The molecule has 1 N–H and O–H groups in total. The van der Waals surface area contributed by atoms with Crippen LogP contribution in [0.2, 0.25) is 0 Å². The molecule has 152 valence electrons. The van der Waals surface area contributed by atoms with Gasteiger partial charge in [0.1, 0.15) is 0 Å². The minimum Gasteiger partial charge on any atom is -0.493 e. The van der Waals surface area contributed by atoms with Crippen molar-refractivity contribution in [3.8, 4) is 11.5 Å². The number of carbonyl (C=O) groups excluding carboxylic acids is 1. The Hall–Kier alpha value is -2.53. The van der Waals surface area contributed by atoms with Crippen molar-refractivity contribution < 1.29 is 14.3 Å². The molecule has 0 fully saturated rings. The number of anilines is 1. The fourth-order valence-corrected chi connectivity index (χ4v) is 2.90. The Kier molecular flexibility index (Phi) is 7.08. The maximum atomic E-state index is 12.7. The van der Waals surface area contributed by atoms with Gasteiger partial charge in [0, 0.05) is 12.2 Å². The summed E-state index contributed by atoms with van der Waals surface area (Å²) < 4.78 is 10.6. The van der Waals surface area contributed by atoms with E-state index in [-0.39, 0.29) is 17.4 Å². The lowest BCUT2D eigenvalue weighted by Crippen LogP contribution is -2.39. The first-order chi connectivity index (χ1) is 13.2. The Morgan fingerprint density at radius 1 is 1.04 bits per heavy atom. The first-order valence-corrected chi connectivity index (χ1v) is 9.48. The van der Waals surface area contributed by atoms with Crippen LogP contribution in [0.15, 0.2) is 42.5 Å². The van der Waals surface area contributed by atoms with Gasteiger partial charge in [-0.3, -0.25) is 9.69 Å². The fourth-order valence-electron chi connectivity index (χ4n) is 2.90. The lowest BCUT2D eigenvalue weighted by molar-refractivity contribution is -0.120. The van der Waals surface area contributed by atoms with E-state index in [1.165, 1.54) is 5.56 Å². The largest absolute Gasteiger partial charge is 0.493 e. The summed E-state index contributed by atoms with van der Waals surface area (Å²) in [7, 11) is 5.17. The summed E-state index contributed by atoms with van der Waals surface area (Å²) in [6.45, 7) is 9.04. The van der Waals surface area contributed by atoms with E-state index < -0.39 is 0 Å². The number of rotatable bonds is 7. The van der Waals surface area contributed by atoms with Gasteiger partial charge >= 0.3 is 0 Å². The minimum absolute atomic E-state index is 0.0357. The van der Waals surface area contributed by atoms with Gasteiger partial charge < -0.3 is 14.8 Å². The highest BCUT2D eigenvalue weighted by molar-refractivity contribution is 5.94. The monoisotopic (exact) mass is 384 g/mol. The molecule has 2 aromatic carbocycles. The Labute approximate surface area is 168 Å². The average Bonchev–Trinajstić information content (AvgIpc) is 2.66. The average molecular weight is 385 g/mol. The summed E-state index contributed by atoms with van der Waals surface area (Å²) in [5, 5.41) is 3.00. The third-order valence-electron chi connectivity index (χ3n) is 4.94. The molecule has 0 saturated heterocycles. The third-order valence-corrected chi connectivity index (χ3v) is 4.94. The van der Waals surface area contributed by atoms with Crippen LogP contribution in [-0.4, -0.2) is 38.1 Å². The summed E-state index contributed by atoms with van der Waals surface area (Å²) in [5.41, 5.74) is 3.19. The molecule has 2 rings (SSSR count). The molecule has 0 aromatic heterocycles. The van der Waals surface area contributed by atoms with Crippen LogP contribution >= 0.6 is 0 Å². The SMILES string of the molecule is COc1ccc(CN(C)C(C)C(=O)Nc2ccc(C(C)(C)C)cc2)cc1OC. The lowest BCUT2D eigenvalue weighted by atomic mass is 9.87. The van der Waals surface area contributed by atoms with Crippen molar-refractivity contribution in [3.05, 3.63) is 53.6 Å². The van der Waals surface area contributed by atoms with Gasteiger partial charge in [0.05, 0.1) is 20.3 Å². The molecule has 1 amide bonds. The molecule has 2 aromatic rings. The smallest absolute Gasteiger partial charge is 0.241 e. The zero-order valence-electron chi connectivity index (χ0n) is 18.0. The first-order valence-electron chi connectivity index (χ1n) is 9.48. The molecule has 28 heavy (non-hydrogen) atoms. The zero-order chi connectivity index (χ0) is 20.9. The number of likely N-dealkylation sites (N-methyl/N-ethyl adjacent to an activating group) is 1. The first kappa shape index (κ1) is 21.8. The van der Waals surface area contributed by atoms with Crippen LogP contribution in [0.5, 0.6) is 11.5 Å². The number of ether oxygens (including phenoxy) is 2. The summed E-state index contributed by atoms with van der Waals surface area (Å²) in [6.07, 6.45) is 0. The highest BCUT2D eigenvalue weighted by Crippen LogP contribution is 2.28. The van der Waals surface area contributed by atoms with E-state index in [2.05, 4.69) is 38.2 Å². The second-order valence-electron chi connectivity index (χ2n) is 8.10. The molecule has 1 unspecified atom stereocenters. The Morgan fingerprint density at radius 3 is 2.18 bits per heavy atom. The Balaban J connectivity index is 2.00. The number of hydrogen-bond donors (Lipinski definition) is 1. The topological polar surface area (TPSA) is 50.8 Å². The number of carbonyl (C=O) groups is 1. The van der Waals surface area contributed by atoms with Gasteiger partial charge in [-0.15, -0.1) is 0 Å². The van der Waals surface area contributed by atoms with Crippen molar-refractivity contribution >= 4 is 11.6 Å². The summed E-state index contributed by atoms with van der Waals surface area (Å²) in [4.78, 5) is 14.7. The van der Waals surface area contributed by atoms with Gasteiger partial charge in [-0.05, 0) is 54.8 Å². The van der Waals surface area contributed by atoms with Crippen molar-refractivity contribution in [2.24, 2.45) is 0 Å². The van der Waals surface area contributed by atoms with E-state index in [0.29, 0.717) is 18.0 Å². The molecular formula is C23H32N2O3. The molecule has 0 spiro atoms. The highest BCUT2D eigenvalue weighted by atomic mass is 16.5. The van der Waals surface area contributed by atoms with E-state index in [1.54, 1.807) is 14.2 Å². The van der Waals surface area contributed by atoms with Crippen molar-refractivity contribution in [1.29, 1.82) is 0 Å². The molecule has 5 nitrogen and oxygen atoms in total. The van der Waals surface area contributed by atoms with Gasteiger partial charge in [0.2, 0.25) is 5.91 Å². The summed E-state index contributed by atoms with van der Waals surface area (Å²) >= 11 is 0. The molecule has 0 aliphatic rings. The number of methoxy groups -OCH3 is 2. The molecule has 0 saturated carbocycles. The molecule has 0 radical (unpaired) electrons. The zero-order valence-corrected chi connectivity index (χ0v) is 18.0. The molecule has 0 aliphatic heterocycles. The van der Waals surface area contributed by atoms with Crippen LogP contribution in [0.1, 0.15) is 38.8 Å². The van der Waals surface area contributed by atoms with Gasteiger partial charge in [-0.1, -0.05) is 39.0 Å². The minimum atomic E-state index is -0.282. The fraction of sp³-hybridized carbons (Fsp3) is 0.435. The number of hydrogen-bond acceptors (Lipinski definition) is 4. The van der Waals surface area contributed by atoms with E-state index in [9.17, 15) is 4.79 Å². The van der Waals surface area contributed by atoms with Crippen LogP contribution in [-0.2, 0) is 16.8 Å². The van der Waals surface area contributed by atoms with E-state index in [4.69, 9.17) is 9.47 Å². The maximum absolute atomic E-state index is 12.7. The second kappa shape index (κ2) is 9.11. The molecule has 1 atom stereocenters. The van der Waals surface area contributed by atoms with E-state index in [1.807, 2.05) is 49.2 Å². The highest BCUT2D eigenvalue weighted by Gasteiger charge is 2.19. The Bertz CT molecular complexity index is 794. The molecule has 5 heteroatoms. The quantitative estimate of drug-likeness (QED) is 0.766. The van der Waals surface area contributed by atoms with Gasteiger partial charge in [0.25, 0.3) is 0 Å². The van der Waals surface area contributed by atoms with Gasteiger partial charge in [0.15, 0.2) is 11.5 Å². The third kappa shape index (κ3) is 5.49. The predicted octanol–water partition coefficient (Wildman–Crippen LogP) is 4.46. The van der Waals surface area contributed by atoms with Gasteiger partial charge in [-0.2, -0.15) is 0 Å². The number of amides is 1. The lowest BCUT2D eigenvalue weighted by Gasteiger charge is -2.24. The molecule has 0 aliphatic carbocycles. The summed E-state index contributed by atoms with van der Waals surface area (Å²) in [6, 6.07) is 13.6. The van der Waals surface area contributed by atoms with Crippen LogP contribution in [0.25, 0.3) is 0 Å². The number of nitrogens with one attached hydrogen (secondary N) is 1.